The summed E-state index contributed by atoms with van der Waals surface area (Å²) in [6.07, 6.45) is 6.89. The van der Waals surface area contributed by atoms with Crippen molar-refractivity contribution in [2.75, 3.05) is 0 Å². The van der Waals surface area contributed by atoms with Crippen molar-refractivity contribution in [2.45, 2.75) is 38.2 Å². The molecule has 1 unspecified atom stereocenters. The molecule has 0 heterocycles. The van der Waals surface area contributed by atoms with E-state index in [1.54, 1.807) is 0 Å². The fourth-order valence-corrected chi connectivity index (χ4v) is 2.07. The molecule has 0 aromatic heterocycles. The number of benzene rings is 1. The summed E-state index contributed by atoms with van der Waals surface area (Å²) in [4.78, 5) is 0. The number of hydrogen-bond acceptors (Lipinski definition) is 1. The number of aliphatic hydroxyl groups excluding tert-OH is 1. The van der Waals surface area contributed by atoms with Crippen molar-refractivity contribution in [3.8, 4) is 11.8 Å². The first kappa shape index (κ1) is 12.0. The Bertz CT molecular complexity index is 434. The lowest BCUT2D eigenvalue weighted by atomic mass is 10.1. The Labute approximate surface area is 103 Å². The fraction of sp³-hybridized carbons (Fsp3) is 0.375. The molecule has 1 aliphatic rings. The predicted octanol–water partition coefficient (Wildman–Crippen LogP) is 3.29. The van der Waals surface area contributed by atoms with Gasteiger partial charge in [0.05, 0.1) is 6.10 Å². The lowest BCUT2D eigenvalue weighted by Gasteiger charge is -1.96. The van der Waals surface area contributed by atoms with Crippen molar-refractivity contribution in [3.63, 3.8) is 0 Å². The van der Waals surface area contributed by atoms with Gasteiger partial charge in [0.2, 0.25) is 0 Å². The second-order valence-corrected chi connectivity index (χ2v) is 4.45. The second-order valence-electron chi connectivity index (χ2n) is 4.45. The summed E-state index contributed by atoms with van der Waals surface area (Å²) in [6, 6.07) is 10.1. The molecule has 2 rings (SSSR count). The van der Waals surface area contributed by atoms with E-state index in [0.29, 0.717) is 0 Å². The first-order chi connectivity index (χ1) is 8.34. The molecule has 1 aliphatic carbocycles. The van der Waals surface area contributed by atoms with Crippen LogP contribution < -0.4 is 0 Å². The summed E-state index contributed by atoms with van der Waals surface area (Å²) in [6.45, 7) is 0. The Morgan fingerprint density at radius 1 is 1.24 bits per heavy atom. The molecule has 1 nitrogen and oxygen atoms in total. The standard InChI is InChI=1S/C16H18O/c17-16-12-11-15(13-16)10-6-2-5-9-14-7-3-1-4-8-14/h1,3-4,7-8,13,16-17H,2,6,10-12H2. The molecule has 17 heavy (non-hydrogen) atoms. The molecule has 1 atom stereocenters. The number of hydrogen-bond donors (Lipinski definition) is 1. The number of aliphatic hydroxyl groups is 1. The van der Waals surface area contributed by atoms with Crippen molar-refractivity contribution in [3.05, 3.63) is 47.5 Å². The van der Waals surface area contributed by atoms with Gasteiger partial charge in [-0.2, -0.15) is 0 Å². The van der Waals surface area contributed by atoms with E-state index in [0.717, 1.165) is 37.7 Å². The minimum Gasteiger partial charge on any atom is -0.389 e. The van der Waals surface area contributed by atoms with Crippen LogP contribution in [0.2, 0.25) is 0 Å². The molecule has 1 aromatic rings. The highest BCUT2D eigenvalue weighted by Crippen LogP contribution is 2.22. The molecule has 1 aromatic carbocycles. The zero-order chi connectivity index (χ0) is 11.9. The smallest absolute Gasteiger partial charge is 0.0726 e. The Morgan fingerprint density at radius 3 is 2.76 bits per heavy atom. The molecule has 0 saturated carbocycles. The maximum atomic E-state index is 9.35. The summed E-state index contributed by atoms with van der Waals surface area (Å²) >= 11 is 0. The average molecular weight is 226 g/mol. The monoisotopic (exact) mass is 226 g/mol. The van der Waals surface area contributed by atoms with Gasteiger partial charge in [0.25, 0.3) is 0 Å². The molecule has 0 spiro atoms. The third kappa shape index (κ3) is 4.09. The van der Waals surface area contributed by atoms with Gasteiger partial charge in [-0.1, -0.05) is 41.7 Å². The molecule has 0 amide bonds. The Morgan fingerprint density at radius 2 is 2.06 bits per heavy atom. The lowest BCUT2D eigenvalue weighted by molar-refractivity contribution is 0.223. The van der Waals surface area contributed by atoms with Crippen LogP contribution in [0, 0.1) is 11.8 Å². The summed E-state index contributed by atoms with van der Waals surface area (Å²) in [7, 11) is 0. The molecule has 0 fully saturated rings. The average Bonchev–Trinajstić information content (AvgIpc) is 2.76. The Balaban J connectivity index is 1.70. The third-order valence-electron chi connectivity index (χ3n) is 3.00. The first-order valence-electron chi connectivity index (χ1n) is 6.26. The van der Waals surface area contributed by atoms with Crippen LogP contribution in [0.1, 0.15) is 37.7 Å². The minimum absolute atomic E-state index is 0.194. The van der Waals surface area contributed by atoms with Crippen LogP contribution in [0.5, 0.6) is 0 Å². The second kappa shape index (κ2) is 6.27. The van der Waals surface area contributed by atoms with Crippen molar-refractivity contribution < 1.29 is 5.11 Å². The van der Waals surface area contributed by atoms with Crippen molar-refractivity contribution in [1.29, 1.82) is 0 Å². The number of unbranched alkanes of at least 4 members (excludes halogenated alkanes) is 1. The predicted molar refractivity (Wildman–Crippen MR) is 70.5 cm³/mol. The van der Waals surface area contributed by atoms with Gasteiger partial charge in [0.1, 0.15) is 0 Å². The van der Waals surface area contributed by atoms with Crippen LogP contribution in [0.25, 0.3) is 0 Å². The van der Waals surface area contributed by atoms with Crippen molar-refractivity contribution in [1.82, 2.24) is 0 Å². The van der Waals surface area contributed by atoms with E-state index >= 15 is 0 Å². The summed E-state index contributed by atoms with van der Waals surface area (Å²) in [5.74, 6) is 6.36. The fourth-order valence-electron chi connectivity index (χ4n) is 2.07. The molecule has 0 aliphatic heterocycles. The highest BCUT2D eigenvalue weighted by Gasteiger charge is 2.11. The molecule has 88 valence electrons. The van der Waals surface area contributed by atoms with Crippen LogP contribution in [0.15, 0.2) is 42.0 Å². The Hall–Kier alpha value is -1.52. The molecule has 0 bridgehead atoms. The van der Waals surface area contributed by atoms with Gasteiger partial charge in [-0.25, -0.2) is 0 Å². The van der Waals surface area contributed by atoms with Gasteiger partial charge in [-0.15, -0.1) is 0 Å². The van der Waals surface area contributed by atoms with Gasteiger partial charge in [-0.05, 0) is 37.8 Å². The minimum atomic E-state index is -0.194. The van der Waals surface area contributed by atoms with E-state index in [2.05, 4.69) is 11.8 Å². The van der Waals surface area contributed by atoms with Crippen molar-refractivity contribution >= 4 is 0 Å². The highest BCUT2D eigenvalue weighted by molar-refractivity contribution is 5.33. The zero-order valence-corrected chi connectivity index (χ0v) is 10.0. The molecular formula is C16H18O. The van der Waals surface area contributed by atoms with E-state index in [1.807, 2.05) is 36.4 Å². The first-order valence-corrected chi connectivity index (χ1v) is 6.26. The van der Waals surface area contributed by atoms with E-state index < -0.39 is 0 Å². The Kier molecular flexibility index (Phi) is 4.41. The van der Waals surface area contributed by atoms with E-state index in [-0.39, 0.29) is 6.10 Å². The van der Waals surface area contributed by atoms with Crippen LogP contribution in [0.4, 0.5) is 0 Å². The van der Waals surface area contributed by atoms with E-state index in [1.165, 1.54) is 5.57 Å². The molecule has 1 N–H and O–H groups in total. The third-order valence-corrected chi connectivity index (χ3v) is 3.00. The highest BCUT2D eigenvalue weighted by atomic mass is 16.3. The van der Waals surface area contributed by atoms with Crippen LogP contribution in [-0.4, -0.2) is 11.2 Å². The lowest BCUT2D eigenvalue weighted by Crippen LogP contribution is -1.93. The van der Waals surface area contributed by atoms with Gasteiger partial charge in [-0.3, -0.25) is 0 Å². The quantitative estimate of drug-likeness (QED) is 0.476. The number of allylic oxidation sites excluding steroid dienone is 1. The zero-order valence-electron chi connectivity index (χ0n) is 10.0. The topological polar surface area (TPSA) is 20.2 Å². The number of rotatable bonds is 3. The van der Waals surface area contributed by atoms with Gasteiger partial charge < -0.3 is 5.11 Å². The maximum Gasteiger partial charge on any atom is 0.0726 e. The van der Waals surface area contributed by atoms with E-state index in [9.17, 15) is 5.11 Å². The normalized spacial score (nSPS) is 18.4. The van der Waals surface area contributed by atoms with Gasteiger partial charge in [0, 0.05) is 12.0 Å². The van der Waals surface area contributed by atoms with E-state index in [4.69, 9.17) is 0 Å². The molecule has 0 saturated heterocycles. The van der Waals surface area contributed by atoms with Gasteiger partial charge >= 0.3 is 0 Å². The maximum absolute atomic E-state index is 9.35. The summed E-state index contributed by atoms with van der Waals surface area (Å²) in [5.41, 5.74) is 2.49. The largest absolute Gasteiger partial charge is 0.389 e. The van der Waals surface area contributed by atoms with Gasteiger partial charge in [0.15, 0.2) is 0 Å². The van der Waals surface area contributed by atoms with Crippen LogP contribution >= 0.6 is 0 Å². The van der Waals surface area contributed by atoms with Crippen LogP contribution in [-0.2, 0) is 0 Å². The summed E-state index contributed by atoms with van der Waals surface area (Å²) < 4.78 is 0. The molecule has 1 heteroatoms. The van der Waals surface area contributed by atoms with Crippen molar-refractivity contribution in [2.24, 2.45) is 0 Å². The summed E-state index contributed by atoms with van der Waals surface area (Å²) in [5, 5.41) is 9.35. The van der Waals surface area contributed by atoms with Crippen LogP contribution in [0.3, 0.4) is 0 Å². The molecule has 0 radical (unpaired) electrons. The SMILES string of the molecule is OC1C=C(CCCC#Cc2ccccc2)CC1. The molecular weight excluding hydrogens is 208 g/mol.